The van der Waals surface area contributed by atoms with E-state index in [4.69, 9.17) is 4.42 Å². The van der Waals surface area contributed by atoms with Crippen LogP contribution in [0.25, 0.3) is 0 Å². The molecule has 1 N–H and O–H groups in total. The average Bonchev–Trinajstić information content (AvgIpc) is 3.14. The fourth-order valence-corrected chi connectivity index (χ4v) is 1.88. The number of aryl methyl sites for hydroxylation is 2. The number of rotatable bonds is 6. The first kappa shape index (κ1) is 11.4. The maximum absolute atomic E-state index is 5.60. The number of nitrogens with one attached hydrogen (secondary N) is 1. The van der Waals surface area contributed by atoms with Gasteiger partial charge in [0, 0.05) is 12.5 Å². The van der Waals surface area contributed by atoms with Crippen LogP contribution in [-0.4, -0.2) is 16.2 Å². The molecule has 1 heterocycles. The summed E-state index contributed by atoms with van der Waals surface area (Å²) in [6, 6.07) is 11.0. The highest BCUT2D eigenvalue weighted by Crippen LogP contribution is 2.19. The summed E-state index contributed by atoms with van der Waals surface area (Å²) in [5.74, 6) is 1.43. The van der Waals surface area contributed by atoms with Crippen molar-refractivity contribution in [2.24, 2.45) is 0 Å². The Balaban J connectivity index is 1.50. The summed E-state index contributed by atoms with van der Waals surface area (Å²) in [5, 5.41) is 11.5. The predicted molar refractivity (Wildman–Crippen MR) is 68.0 cm³/mol. The first-order chi connectivity index (χ1) is 8.90. The van der Waals surface area contributed by atoms with Crippen molar-refractivity contribution in [2.75, 3.05) is 0 Å². The van der Waals surface area contributed by atoms with Crippen LogP contribution in [0, 0.1) is 0 Å². The van der Waals surface area contributed by atoms with E-state index in [0.717, 1.165) is 18.7 Å². The van der Waals surface area contributed by atoms with Gasteiger partial charge in [-0.25, -0.2) is 0 Å². The minimum atomic E-state index is 0.671. The van der Waals surface area contributed by atoms with Crippen molar-refractivity contribution in [3.63, 3.8) is 0 Å². The number of nitrogens with zero attached hydrogens (tertiary/aromatic N) is 2. The Hall–Kier alpha value is -1.68. The van der Waals surface area contributed by atoms with Gasteiger partial charge in [-0.2, -0.15) is 0 Å². The number of benzene rings is 1. The Morgan fingerprint density at radius 3 is 2.61 bits per heavy atom. The van der Waals surface area contributed by atoms with Crippen LogP contribution in [0.4, 0.5) is 0 Å². The van der Waals surface area contributed by atoms with Crippen LogP contribution >= 0.6 is 0 Å². The summed E-state index contributed by atoms with van der Waals surface area (Å²) >= 11 is 0. The van der Waals surface area contributed by atoms with Crippen molar-refractivity contribution in [2.45, 2.75) is 38.3 Å². The molecule has 4 nitrogen and oxygen atoms in total. The van der Waals surface area contributed by atoms with Gasteiger partial charge in [0.2, 0.25) is 11.8 Å². The summed E-state index contributed by atoms with van der Waals surface area (Å²) in [7, 11) is 0. The van der Waals surface area contributed by atoms with E-state index >= 15 is 0 Å². The molecule has 1 aromatic carbocycles. The number of hydrogen-bond acceptors (Lipinski definition) is 4. The molecule has 0 atom stereocenters. The third-order valence-corrected chi connectivity index (χ3v) is 3.10. The first-order valence-corrected chi connectivity index (χ1v) is 6.49. The SMILES string of the molecule is c1ccc(CCc2nnc(CNC3CC3)o2)cc1. The molecule has 18 heavy (non-hydrogen) atoms. The van der Waals surface area contributed by atoms with Gasteiger partial charge >= 0.3 is 0 Å². The quantitative estimate of drug-likeness (QED) is 0.844. The van der Waals surface area contributed by atoms with Gasteiger partial charge in [0.25, 0.3) is 0 Å². The van der Waals surface area contributed by atoms with Crippen LogP contribution in [0.15, 0.2) is 34.7 Å². The molecular formula is C14H17N3O. The van der Waals surface area contributed by atoms with Crippen molar-refractivity contribution in [3.8, 4) is 0 Å². The molecule has 94 valence electrons. The van der Waals surface area contributed by atoms with Crippen molar-refractivity contribution >= 4 is 0 Å². The first-order valence-electron chi connectivity index (χ1n) is 6.49. The Morgan fingerprint density at radius 2 is 1.83 bits per heavy atom. The third kappa shape index (κ3) is 3.17. The number of aromatic nitrogens is 2. The number of hydrogen-bond donors (Lipinski definition) is 1. The molecule has 3 rings (SSSR count). The third-order valence-electron chi connectivity index (χ3n) is 3.10. The summed E-state index contributed by atoms with van der Waals surface area (Å²) in [4.78, 5) is 0. The summed E-state index contributed by atoms with van der Waals surface area (Å²) in [6.07, 6.45) is 4.29. The molecule has 0 bridgehead atoms. The van der Waals surface area contributed by atoms with Gasteiger partial charge in [0.1, 0.15) is 0 Å². The zero-order valence-corrected chi connectivity index (χ0v) is 10.3. The Labute approximate surface area is 106 Å². The minimum Gasteiger partial charge on any atom is -0.424 e. The molecular weight excluding hydrogens is 226 g/mol. The molecule has 2 aromatic rings. The Morgan fingerprint density at radius 1 is 1.06 bits per heavy atom. The Bertz CT molecular complexity index is 491. The largest absolute Gasteiger partial charge is 0.424 e. The van der Waals surface area contributed by atoms with Gasteiger partial charge < -0.3 is 9.73 Å². The van der Waals surface area contributed by atoms with Gasteiger partial charge in [-0.1, -0.05) is 30.3 Å². The smallest absolute Gasteiger partial charge is 0.230 e. The van der Waals surface area contributed by atoms with E-state index in [1.165, 1.54) is 18.4 Å². The lowest BCUT2D eigenvalue weighted by Gasteiger charge is -1.97. The highest BCUT2D eigenvalue weighted by atomic mass is 16.4. The highest BCUT2D eigenvalue weighted by Gasteiger charge is 2.21. The van der Waals surface area contributed by atoms with Crippen molar-refractivity contribution in [1.29, 1.82) is 0 Å². The maximum atomic E-state index is 5.60. The van der Waals surface area contributed by atoms with Gasteiger partial charge in [-0.15, -0.1) is 10.2 Å². The molecule has 0 unspecified atom stereocenters. The standard InChI is InChI=1S/C14H17N3O/c1-2-4-11(5-3-1)6-9-13-16-17-14(18-13)10-15-12-7-8-12/h1-5,12,15H,6-10H2. The predicted octanol–water partition coefficient (Wildman–Crippen LogP) is 2.11. The van der Waals surface area contributed by atoms with E-state index in [1.54, 1.807) is 0 Å². The van der Waals surface area contributed by atoms with E-state index in [1.807, 2.05) is 18.2 Å². The second kappa shape index (κ2) is 5.31. The molecule has 1 saturated carbocycles. The molecule has 0 aliphatic heterocycles. The van der Waals surface area contributed by atoms with Gasteiger partial charge in [0.05, 0.1) is 6.54 Å². The summed E-state index contributed by atoms with van der Waals surface area (Å²) in [6.45, 7) is 0.697. The van der Waals surface area contributed by atoms with E-state index in [-0.39, 0.29) is 0 Å². The molecule has 0 radical (unpaired) electrons. The lowest BCUT2D eigenvalue weighted by atomic mass is 10.1. The van der Waals surface area contributed by atoms with E-state index in [9.17, 15) is 0 Å². The van der Waals surface area contributed by atoms with Crippen LogP contribution in [0.3, 0.4) is 0 Å². The van der Waals surface area contributed by atoms with Gasteiger partial charge in [-0.05, 0) is 24.8 Å². The van der Waals surface area contributed by atoms with Crippen LogP contribution in [0.5, 0.6) is 0 Å². The fraction of sp³-hybridized carbons (Fsp3) is 0.429. The molecule has 4 heteroatoms. The summed E-state index contributed by atoms with van der Waals surface area (Å²) in [5.41, 5.74) is 1.30. The summed E-state index contributed by atoms with van der Waals surface area (Å²) < 4.78 is 5.60. The molecule has 1 fully saturated rings. The second-order valence-electron chi connectivity index (χ2n) is 4.73. The molecule has 0 saturated heterocycles. The van der Waals surface area contributed by atoms with Crippen LogP contribution in [0.2, 0.25) is 0 Å². The second-order valence-corrected chi connectivity index (χ2v) is 4.73. The highest BCUT2D eigenvalue weighted by molar-refractivity contribution is 5.15. The van der Waals surface area contributed by atoms with Crippen LogP contribution < -0.4 is 5.32 Å². The fourth-order valence-electron chi connectivity index (χ4n) is 1.88. The van der Waals surface area contributed by atoms with Crippen LogP contribution in [0.1, 0.15) is 30.2 Å². The lowest BCUT2D eigenvalue weighted by molar-refractivity contribution is 0.431. The molecule has 1 aliphatic carbocycles. The monoisotopic (exact) mass is 243 g/mol. The lowest BCUT2D eigenvalue weighted by Crippen LogP contribution is -2.15. The van der Waals surface area contributed by atoms with Crippen molar-refractivity contribution in [3.05, 3.63) is 47.7 Å². The van der Waals surface area contributed by atoms with E-state index in [0.29, 0.717) is 18.5 Å². The van der Waals surface area contributed by atoms with Crippen molar-refractivity contribution in [1.82, 2.24) is 15.5 Å². The van der Waals surface area contributed by atoms with Gasteiger partial charge in [-0.3, -0.25) is 0 Å². The van der Waals surface area contributed by atoms with E-state index in [2.05, 4.69) is 27.6 Å². The maximum Gasteiger partial charge on any atom is 0.230 e. The van der Waals surface area contributed by atoms with Crippen LogP contribution in [-0.2, 0) is 19.4 Å². The average molecular weight is 243 g/mol. The normalized spacial score (nSPS) is 14.9. The molecule has 0 spiro atoms. The zero-order valence-electron chi connectivity index (χ0n) is 10.3. The molecule has 1 aliphatic rings. The van der Waals surface area contributed by atoms with Gasteiger partial charge in [0.15, 0.2) is 0 Å². The topological polar surface area (TPSA) is 51.0 Å². The molecule has 1 aromatic heterocycles. The molecule has 0 amide bonds. The van der Waals surface area contributed by atoms with E-state index < -0.39 is 0 Å². The zero-order chi connectivity index (χ0) is 12.2. The Kier molecular flexibility index (Phi) is 3.37. The van der Waals surface area contributed by atoms with Crippen molar-refractivity contribution < 1.29 is 4.42 Å². The minimum absolute atomic E-state index is 0.671.